The minimum Gasteiger partial charge on any atom is -0.390 e. The van der Waals surface area contributed by atoms with E-state index in [1.165, 1.54) is 24.1 Å². The maximum atomic E-state index is 9.16. The highest BCUT2D eigenvalue weighted by Gasteiger charge is 2.27. The SMILES string of the molecule is Cc1c(CN[C@H]2CCCC[C@H]2n2cc(CO)nn2)cnn1C. The van der Waals surface area contributed by atoms with E-state index in [2.05, 4.69) is 27.7 Å². The molecule has 1 aliphatic carbocycles. The van der Waals surface area contributed by atoms with Crippen molar-refractivity contribution in [2.24, 2.45) is 7.05 Å². The van der Waals surface area contributed by atoms with Crippen LogP contribution in [0.1, 0.15) is 48.7 Å². The second-order valence-electron chi connectivity index (χ2n) is 6.07. The number of nitrogens with one attached hydrogen (secondary N) is 1. The van der Waals surface area contributed by atoms with Gasteiger partial charge in [-0.15, -0.1) is 5.10 Å². The first-order chi connectivity index (χ1) is 10.7. The van der Waals surface area contributed by atoms with Crippen LogP contribution < -0.4 is 5.32 Å². The molecule has 7 nitrogen and oxygen atoms in total. The Kier molecular flexibility index (Phi) is 4.54. The summed E-state index contributed by atoms with van der Waals surface area (Å²) < 4.78 is 3.82. The lowest BCUT2D eigenvalue weighted by Crippen LogP contribution is -2.39. The van der Waals surface area contributed by atoms with Crippen LogP contribution in [0.3, 0.4) is 0 Å². The number of hydrogen-bond donors (Lipinski definition) is 2. The van der Waals surface area contributed by atoms with Crippen LogP contribution in [-0.2, 0) is 20.2 Å². The molecule has 0 spiro atoms. The third kappa shape index (κ3) is 3.05. The summed E-state index contributed by atoms with van der Waals surface area (Å²) in [5, 5.41) is 25.3. The van der Waals surface area contributed by atoms with Crippen LogP contribution in [0.4, 0.5) is 0 Å². The van der Waals surface area contributed by atoms with Crippen molar-refractivity contribution in [1.29, 1.82) is 0 Å². The smallest absolute Gasteiger partial charge is 0.108 e. The van der Waals surface area contributed by atoms with E-state index in [1.807, 2.05) is 28.8 Å². The van der Waals surface area contributed by atoms with Gasteiger partial charge in [0, 0.05) is 30.9 Å². The van der Waals surface area contributed by atoms with Crippen molar-refractivity contribution in [3.8, 4) is 0 Å². The van der Waals surface area contributed by atoms with E-state index in [0.29, 0.717) is 17.8 Å². The van der Waals surface area contributed by atoms with Crippen molar-refractivity contribution < 1.29 is 5.11 Å². The molecule has 0 amide bonds. The van der Waals surface area contributed by atoms with Crippen LogP contribution in [0.25, 0.3) is 0 Å². The third-order valence-corrected chi connectivity index (χ3v) is 4.68. The Bertz CT molecular complexity index is 619. The second-order valence-corrected chi connectivity index (χ2v) is 6.07. The van der Waals surface area contributed by atoms with E-state index in [-0.39, 0.29) is 6.61 Å². The van der Waals surface area contributed by atoms with Gasteiger partial charge in [-0.3, -0.25) is 4.68 Å². The summed E-state index contributed by atoms with van der Waals surface area (Å²) in [4.78, 5) is 0. The molecule has 1 aliphatic rings. The predicted molar refractivity (Wildman–Crippen MR) is 82.0 cm³/mol. The van der Waals surface area contributed by atoms with Gasteiger partial charge < -0.3 is 10.4 Å². The predicted octanol–water partition coefficient (Wildman–Crippen LogP) is 1.09. The highest BCUT2D eigenvalue weighted by molar-refractivity contribution is 5.15. The number of nitrogens with zero attached hydrogens (tertiary/aromatic N) is 5. The minimum absolute atomic E-state index is 0.0559. The molecule has 0 unspecified atom stereocenters. The normalized spacial score (nSPS) is 22.1. The van der Waals surface area contributed by atoms with Gasteiger partial charge in [0.2, 0.25) is 0 Å². The van der Waals surface area contributed by atoms with Crippen molar-refractivity contribution >= 4 is 0 Å². The number of hydrogen-bond acceptors (Lipinski definition) is 5. The molecule has 2 N–H and O–H groups in total. The first-order valence-corrected chi connectivity index (χ1v) is 7.91. The van der Waals surface area contributed by atoms with Gasteiger partial charge in [-0.05, 0) is 19.8 Å². The van der Waals surface area contributed by atoms with Crippen molar-refractivity contribution in [3.63, 3.8) is 0 Å². The van der Waals surface area contributed by atoms with Gasteiger partial charge in [0.05, 0.1) is 25.0 Å². The molecule has 3 rings (SSSR count). The zero-order valence-corrected chi connectivity index (χ0v) is 13.2. The van der Waals surface area contributed by atoms with E-state index < -0.39 is 0 Å². The monoisotopic (exact) mass is 304 g/mol. The Labute approximate surface area is 130 Å². The standard InChI is InChI=1S/C15H24N6O/c1-11-12(8-17-20(11)2)7-16-14-5-3-4-6-15(14)21-9-13(10-22)18-19-21/h8-9,14-16,22H,3-7,10H2,1-2H3/t14-,15+/m0/s1. The lowest BCUT2D eigenvalue weighted by molar-refractivity contribution is 0.242. The van der Waals surface area contributed by atoms with Crippen molar-refractivity contribution in [3.05, 3.63) is 29.3 Å². The summed E-state index contributed by atoms with van der Waals surface area (Å²) in [6, 6.07) is 0.681. The van der Waals surface area contributed by atoms with E-state index in [1.54, 1.807) is 0 Å². The largest absolute Gasteiger partial charge is 0.390 e. The van der Waals surface area contributed by atoms with Gasteiger partial charge in [-0.2, -0.15) is 5.10 Å². The van der Waals surface area contributed by atoms with Gasteiger partial charge in [0.25, 0.3) is 0 Å². The summed E-state index contributed by atoms with van der Waals surface area (Å²) in [6.45, 7) is 2.86. The molecule has 2 atom stereocenters. The van der Waals surface area contributed by atoms with Crippen LogP contribution in [0, 0.1) is 6.92 Å². The maximum absolute atomic E-state index is 9.16. The van der Waals surface area contributed by atoms with Crippen molar-refractivity contribution in [2.75, 3.05) is 0 Å². The molecule has 0 aliphatic heterocycles. The number of rotatable bonds is 5. The van der Waals surface area contributed by atoms with Crippen molar-refractivity contribution in [1.82, 2.24) is 30.1 Å². The highest BCUT2D eigenvalue weighted by atomic mass is 16.3. The molecule has 2 aromatic rings. The number of aromatic nitrogens is 5. The molecule has 0 bridgehead atoms. The van der Waals surface area contributed by atoms with Gasteiger partial charge in [0.1, 0.15) is 5.69 Å². The van der Waals surface area contributed by atoms with E-state index in [0.717, 1.165) is 19.4 Å². The topological polar surface area (TPSA) is 80.8 Å². The molecule has 120 valence electrons. The van der Waals surface area contributed by atoms with Crippen LogP contribution in [-0.4, -0.2) is 35.9 Å². The first-order valence-electron chi connectivity index (χ1n) is 7.91. The van der Waals surface area contributed by atoms with Gasteiger partial charge in [-0.1, -0.05) is 18.1 Å². The number of aliphatic hydroxyl groups is 1. The van der Waals surface area contributed by atoms with E-state index in [9.17, 15) is 0 Å². The Hall–Kier alpha value is -1.73. The lowest BCUT2D eigenvalue weighted by atomic mass is 9.90. The van der Waals surface area contributed by atoms with Gasteiger partial charge >= 0.3 is 0 Å². The molecular formula is C15H24N6O. The molecule has 0 radical (unpaired) electrons. The molecule has 1 fully saturated rings. The fourth-order valence-corrected chi connectivity index (χ4v) is 3.17. The Morgan fingerprint density at radius 2 is 2.18 bits per heavy atom. The average molecular weight is 304 g/mol. The van der Waals surface area contributed by atoms with Crippen LogP contribution in [0.2, 0.25) is 0 Å². The molecule has 1 saturated carbocycles. The maximum Gasteiger partial charge on any atom is 0.108 e. The highest BCUT2D eigenvalue weighted by Crippen LogP contribution is 2.28. The lowest BCUT2D eigenvalue weighted by Gasteiger charge is -2.32. The quantitative estimate of drug-likeness (QED) is 0.864. The molecule has 2 aromatic heterocycles. The molecular weight excluding hydrogens is 280 g/mol. The fraction of sp³-hybridized carbons (Fsp3) is 0.667. The van der Waals surface area contributed by atoms with E-state index in [4.69, 9.17) is 5.11 Å². The minimum atomic E-state index is -0.0559. The van der Waals surface area contributed by atoms with Crippen LogP contribution >= 0.6 is 0 Å². The van der Waals surface area contributed by atoms with Gasteiger partial charge in [0.15, 0.2) is 0 Å². The first kappa shape index (κ1) is 15.2. The molecule has 22 heavy (non-hydrogen) atoms. The molecule has 0 saturated heterocycles. The van der Waals surface area contributed by atoms with Crippen LogP contribution in [0.5, 0.6) is 0 Å². The molecule has 2 heterocycles. The summed E-state index contributed by atoms with van der Waals surface area (Å²) in [6.07, 6.45) is 8.47. The zero-order chi connectivity index (χ0) is 15.5. The number of aryl methyl sites for hydroxylation is 1. The summed E-state index contributed by atoms with van der Waals surface area (Å²) in [7, 11) is 1.97. The van der Waals surface area contributed by atoms with Crippen LogP contribution in [0.15, 0.2) is 12.4 Å². The summed E-state index contributed by atoms with van der Waals surface area (Å²) in [5.74, 6) is 0. The molecule has 7 heteroatoms. The van der Waals surface area contributed by atoms with Gasteiger partial charge in [-0.25, -0.2) is 4.68 Å². The molecule has 0 aromatic carbocycles. The summed E-state index contributed by atoms with van der Waals surface area (Å²) >= 11 is 0. The average Bonchev–Trinajstić information content (AvgIpc) is 3.14. The Morgan fingerprint density at radius 1 is 1.36 bits per heavy atom. The second kappa shape index (κ2) is 6.58. The third-order valence-electron chi connectivity index (χ3n) is 4.68. The zero-order valence-electron chi connectivity index (χ0n) is 13.2. The Balaban J connectivity index is 1.68. The summed E-state index contributed by atoms with van der Waals surface area (Å²) in [5.41, 5.74) is 3.07. The van der Waals surface area contributed by atoms with Crippen molar-refractivity contribution in [2.45, 2.75) is 57.8 Å². The Morgan fingerprint density at radius 3 is 2.86 bits per heavy atom. The fourth-order valence-electron chi connectivity index (χ4n) is 3.17. The van der Waals surface area contributed by atoms with E-state index >= 15 is 0 Å². The number of aliphatic hydroxyl groups excluding tert-OH is 1.